The quantitative estimate of drug-likeness (QED) is 0.779. The minimum absolute atomic E-state index is 0.301. The number of rotatable bonds is 4. The van der Waals surface area contributed by atoms with Gasteiger partial charge in [0, 0.05) is 36.6 Å². The number of likely N-dealkylation sites (tertiary alicyclic amines) is 1. The largest absolute Gasteiger partial charge is 0.497 e. The summed E-state index contributed by atoms with van der Waals surface area (Å²) in [6.07, 6.45) is 2.05. The number of nitrogens with zero attached hydrogens (tertiary/aromatic N) is 1. The van der Waals surface area contributed by atoms with Crippen molar-refractivity contribution in [3.05, 3.63) is 42.5 Å². The van der Waals surface area contributed by atoms with E-state index in [1.165, 1.54) is 0 Å². The third kappa shape index (κ3) is 4.19. The van der Waals surface area contributed by atoms with Crippen molar-refractivity contribution in [3.63, 3.8) is 0 Å². The molecular formula is C20H23N3O3S. The molecule has 2 heterocycles. The van der Waals surface area contributed by atoms with Crippen molar-refractivity contribution >= 4 is 28.7 Å². The highest BCUT2D eigenvalue weighted by Gasteiger charge is 2.22. The zero-order valence-corrected chi connectivity index (χ0v) is 16.1. The van der Waals surface area contributed by atoms with E-state index in [-0.39, 0.29) is 0 Å². The summed E-state index contributed by atoms with van der Waals surface area (Å²) in [5, 5.41) is 7.66. The van der Waals surface area contributed by atoms with Gasteiger partial charge >= 0.3 is 0 Å². The van der Waals surface area contributed by atoms with Crippen molar-refractivity contribution in [1.29, 1.82) is 0 Å². The van der Waals surface area contributed by atoms with Crippen LogP contribution >= 0.6 is 12.2 Å². The lowest BCUT2D eigenvalue weighted by molar-refractivity contribution is 0.174. The summed E-state index contributed by atoms with van der Waals surface area (Å²) < 4.78 is 16.0. The van der Waals surface area contributed by atoms with Crippen LogP contribution < -0.4 is 24.8 Å². The van der Waals surface area contributed by atoms with Gasteiger partial charge in [-0.1, -0.05) is 0 Å². The molecule has 0 atom stereocenters. The van der Waals surface area contributed by atoms with Crippen LogP contribution in [0.4, 0.5) is 11.4 Å². The van der Waals surface area contributed by atoms with E-state index < -0.39 is 0 Å². The Hall–Kier alpha value is -2.67. The maximum absolute atomic E-state index is 5.57. The Morgan fingerprint density at radius 3 is 2.48 bits per heavy atom. The number of ether oxygens (including phenoxy) is 3. The average Bonchev–Trinajstić information content (AvgIpc) is 3.17. The SMILES string of the molecule is COc1ccc(NC(=S)N2CCC(Nc3ccc4c(c3)OCO4)CC2)cc1. The Balaban J connectivity index is 1.27. The highest BCUT2D eigenvalue weighted by atomic mass is 32.1. The number of hydrogen-bond donors (Lipinski definition) is 2. The first-order valence-electron chi connectivity index (χ1n) is 9.07. The normalized spacial score (nSPS) is 16.1. The molecular weight excluding hydrogens is 362 g/mol. The van der Waals surface area contributed by atoms with E-state index in [9.17, 15) is 0 Å². The van der Waals surface area contributed by atoms with Crippen molar-refractivity contribution in [2.75, 3.05) is 37.6 Å². The number of piperidine rings is 1. The molecule has 2 aliphatic rings. The molecule has 1 fully saturated rings. The lowest BCUT2D eigenvalue weighted by atomic mass is 10.0. The van der Waals surface area contributed by atoms with E-state index in [4.69, 9.17) is 26.4 Å². The molecule has 0 unspecified atom stereocenters. The van der Waals surface area contributed by atoms with Crippen LogP contribution in [0, 0.1) is 0 Å². The molecule has 0 aromatic heterocycles. The molecule has 0 amide bonds. The van der Waals surface area contributed by atoms with Crippen LogP contribution in [-0.4, -0.2) is 43.0 Å². The second-order valence-corrected chi connectivity index (χ2v) is 7.02. The molecule has 1 saturated heterocycles. The third-order valence-corrected chi connectivity index (χ3v) is 5.23. The minimum Gasteiger partial charge on any atom is -0.497 e. The van der Waals surface area contributed by atoms with Crippen molar-refractivity contribution in [2.24, 2.45) is 0 Å². The van der Waals surface area contributed by atoms with Gasteiger partial charge in [-0.2, -0.15) is 0 Å². The summed E-state index contributed by atoms with van der Waals surface area (Å²) in [6, 6.07) is 14.2. The summed E-state index contributed by atoms with van der Waals surface area (Å²) in [7, 11) is 1.66. The highest BCUT2D eigenvalue weighted by Crippen LogP contribution is 2.34. The van der Waals surface area contributed by atoms with Gasteiger partial charge in [0.1, 0.15) is 5.75 Å². The monoisotopic (exact) mass is 385 g/mol. The zero-order chi connectivity index (χ0) is 18.6. The van der Waals surface area contributed by atoms with Crippen LogP contribution in [0.25, 0.3) is 0 Å². The van der Waals surface area contributed by atoms with E-state index in [1.807, 2.05) is 42.5 Å². The maximum atomic E-state index is 5.57. The van der Waals surface area contributed by atoms with Crippen molar-refractivity contribution in [3.8, 4) is 17.2 Å². The van der Waals surface area contributed by atoms with Crippen LogP contribution in [0.3, 0.4) is 0 Å². The second-order valence-electron chi connectivity index (χ2n) is 6.63. The molecule has 0 bridgehead atoms. The number of methoxy groups -OCH3 is 1. The van der Waals surface area contributed by atoms with Gasteiger partial charge in [0.15, 0.2) is 16.6 Å². The predicted molar refractivity (Wildman–Crippen MR) is 110 cm³/mol. The van der Waals surface area contributed by atoms with Crippen LogP contribution in [-0.2, 0) is 0 Å². The number of fused-ring (bicyclic) bond motifs is 1. The number of nitrogens with one attached hydrogen (secondary N) is 2. The number of anilines is 2. The van der Waals surface area contributed by atoms with Gasteiger partial charge in [-0.25, -0.2) is 0 Å². The Kier molecular flexibility index (Phi) is 5.20. The maximum Gasteiger partial charge on any atom is 0.231 e. The Morgan fingerprint density at radius 1 is 1.04 bits per heavy atom. The van der Waals surface area contributed by atoms with Gasteiger partial charge in [0.25, 0.3) is 0 Å². The fourth-order valence-corrected chi connectivity index (χ4v) is 3.63. The third-order valence-electron chi connectivity index (χ3n) is 4.87. The van der Waals surface area contributed by atoms with Crippen LogP contribution in [0.1, 0.15) is 12.8 Å². The zero-order valence-electron chi connectivity index (χ0n) is 15.2. The molecule has 6 nitrogen and oxygen atoms in total. The Bertz CT molecular complexity index is 805. The Morgan fingerprint density at radius 2 is 1.74 bits per heavy atom. The predicted octanol–water partition coefficient (Wildman–Crippen LogP) is 3.70. The smallest absolute Gasteiger partial charge is 0.231 e. The van der Waals surface area contributed by atoms with E-state index in [0.29, 0.717) is 12.8 Å². The van der Waals surface area contributed by atoms with E-state index in [0.717, 1.165) is 59.7 Å². The first-order chi connectivity index (χ1) is 13.2. The van der Waals surface area contributed by atoms with Gasteiger partial charge in [-0.3, -0.25) is 0 Å². The molecule has 2 aromatic carbocycles. The van der Waals surface area contributed by atoms with E-state index in [2.05, 4.69) is 15.5 Å². The van der Waals surface area contributed by atoms with Crippen molar-refractivity contribution in [1.82, 2.24) is 4.90 Å². The summed E-state index contributed by atoms with van der Waals surface area (Å²) in [5.74, 6) is 2.45. The van der Waals surface area contributed by atoms with E-state index in [1.54, 1.807) is 7.11 Å². The molecule has 4 rings (SSSR count). The van der Waals surface area contributed by atoms with Gasteiger partial charge in [-0.05, 0) is 61.5 Å². The van der Waals surface area contributed by atoms with Gasteiger partial charge in [0.05, 0.1) is 7.11 Å². The highest BCUT2D eigenvalue weighted by molar-refractivity contribution is 7.80. The average molecular weight is 385 g/mol. The summed E-state index contributed by atoms with van der Waals surface area (Å²) >= 11 is 5.57. The van der Waals surface area contributed by atoms with E-state index >= 15 is 0 Å². The van der Waals surface area contributed by atoms with Gasteiger partial charge in [0.2, 0.25) is 6.79 Å². The minimum atomic E-state index is 0.301. The topological polar surface area (TPSA) is 55.0 Å². The van der Waals surface area contributed by atoms with Crippen molar-refractivity contribution in [2.45, 2.75) is 18.9 Å². The van der Waals surface area contributed by atoms with Crippen LogP contribution in [0.2, 0.25) is 0 Å². The molecule has 0 saturated carbocycles. The molecule has 0 aliphatic carbocycles. The fourth-order valence-electron chi connectivity index (χ4n) is 3.33. The van der Waals surface area contributed by atoms with Crippen LogP contribution in [0.5, 0.6) is 17.2 Å². The van der Waals surface area contributed by atoms with Crippen molar-refractivity contribution < 1.29 is 14.2 Å². The number of thiocarbonyl (C=S) groups is 1. The first-order valence-corrected chi connectivity index (χ1v) is 9.48. The first kappa shape index (κ1) is 17.7. The van der Waals surface area contributed by atoms with Crippen LogP contribution in [0.15, 0.2) is 42.5 Å². The molecule has 27 heavy (non-hydrogen) atoms. The summed E-state index contributed by atoms with van der Waals surface area (Å²) in [4.78, 5) is 2.22. The summed E-state index contributed by atoms with van der Waals surface area (Å²) in [6.45, 7) is 2.14. The molecule has 142 valence electrons. The lowest BCUT2D eigenvalue weighted by Gasteiger charge is -2.34. The molecule has 0 radical (unpaired) electrons. The summed E-state index contributed by atoms with van der Waals surface area (Å²) in [5.41, 5.74) is 2.04. The second kappa shape index (κ2) is 7.92. The molecule has 0 spiro atoms. The molecule has 2 N–H and O–H groups in total. The number of hydrogen-bond acceptors (Lipinski definition) is 5. The molecule has 2 aromatic rings. The van der Waals surface area contributed by atoms with Gasteiger partial charge < -0.3 is 29.7 Å². The van der Waals surface area contributed by atoms with Gasteiger partial charge in [-0.15, -0.1) is 0 Å². The molecule has 7 heteroatoms. The fraction of sp³-hybridized carbons (Fsp3) is 0.350. The molecule has 2 aliphatic heterocycles. The lowest BCUT2D eigenvalue weighted by Crippen LogP contribution is -2.44. The standard InChI is InChI=1S/C20H23N3O3S/c1-24-17-5-2-14(3-6-17)22-20(27)23-10-8-15(9-11-23)21-16-4-7-18-19(12-16)26-13-25-18/h2-7,12,15,21H,8-11,13H2,1H3,(H,22,27). The number of benzene rings is 2. The Labute approximate surface area is 164 Å².